The van der Waals surface area contributed by atoms with Crippen molar-refractivity contribution in [1.29, 1.82) is 0 Å². The number of hydrogen-bond acceptors (Lipinski definition) is 4. The second kappa shape index (κ2) is 4.22. The molecule has 1 fully saturated rings. The molecule has 12 heavy (non-hydrogen) atoms. The zero-order valence-corrected chi connectivity index (χ0v) is 9.12. The van der Waals surface area contributed by atoms with Crippen molar-refractivity contribution in [2.45, 2.75) is 10.5 Å². The molecule has 0 saturated heterocycles. The van der Waals surface area contributed by atoms with Crippen LogP contribution in [0, 0.1) is 11.8 Å². The third kappa shape index (κ3) is 1.50. The van der Waals surface area contributed by atoms with E-state index in [1.807, 2.05) is 0 Å². The normalized spacial score (nSPS) is 33.0. The number of thioether (sulfide) groups is 2. The molecule has 2 atom stereocenters. The Labute approximate surface area is 82.1 Å². The summed E-state index contributed by atoms with van der Waals surface area (Å²) in [5.41, 5.74) is 0. The first kappa shape index (κ1) is 10.7. The highest BCUT2D eigenvalue weighted by Gasteiger charge is 2.52. The van der Waals surface area contributed by atoms with Gasteiger partial charge in [0.05, 0.1) is 4.08 Å². The number of aliphatic hydroxyl groups excluding tert-OH is 2. The van der Waals surface area contributed by atoms with Crippen molar-refractivity contribution < 1.29 is 10.2 Å². The van der Waals surface area contributed by atoms with Crippen LogP contribution in [0.3, 0.4) is 0 Å². The van der Waals surface area contributed by atoms with E-state index in [2.05, 4.69) is 12.5 Å². The van der Waals surface area contributed by atoms with Gasteiger partial charge in [0.25, 0.3) is 0 Å². The van der Waals surface area contributed by atoms with Crippen molar-refractivity contribution in [3.63, 3.8) is 0 Å². The largest absolute Gasteiger partial charge is 0.396 e. The SMILES string of the molecule is CSC1(SC)C[C@@H](CO)[C@@H]1CO. The molecule has 0 bridgehead atoms. The second-order valence-corrected chi connectivity index (χ2v) is 5.69. The summed E-state index contributed by atoms with van der Waals surface area (Å²) < 4.78 is 0.169. The van der Waals surface area contributed by atoms with Gasteiger partial charge in [-0.05, 0) is 24.9 Å². The zero-order chi connectivity index (χ0) is 9.19. The van der Waals surface area contributed by atoms with Gasteiger partial charge in [-0.15, -0.1) is 23.5 Å². The van der Waals surface area contributed by atoms with Gasteiger partial charge in [0.15, 0.2) is 0 Å². The molecule has 4 heteroatoms. The van der Waals surface area contributed by atoms with E-state index in [1.165, 1.54) is 0 Å². The van der Waals surface area contributed by atoms with Crippen LogP contribution in [0.15, 0.2) is 0 Å². The van der Waals surface area contributed by atoms with Crippen LogP contribution in [0.4, 0.5) is 0 Å². The van der Waals surface area contributed by atoms with Gasteiger partial charge in [-0.3, -0.25) is 0 Å². The van der Waals surface area contributed by atoms with Crippen LogP contribution in [0.25, 0.3) is 0 Å². The molecule has 0 aromatic carbocycles. The van der Waals surface area contributed by atoms with E-state index in [0.29, 0.717) is 5.92 Å². The van der Waals surface area contributed by atoms with E-state index in [4.69, 9.17) is 10.2 Å². The summed E-state index contributed by atoms with van der Waals surface area (Å²) in [7, 11) is 0. The van der Waals surface area contributed by atoms with E-state index >= 15 is 0 Å². The van der Waals surface area contributed by atoms with Gasteiger partial charge < -0.3 is 10.2 Å². The fourth-order valence-electron chi connectivity index (χ4n) is 1.89. The summed E-state index contributed by atoms with van der Waals surface area (Å²) in [4.78, 5) is 0. The zero-order valence-electron chi connectivity index (χ0n) is 7.49. The lowest BCUT2D eigenvalue weighted by molar-refractivity contribution is 0.0416. The molecular formula is C8H16O2S2. The van der Waals surface area contributed by atoms with E-state index in [0.717, 1.165) is 6.42 Å². The Hall–Kier alpha value is 0.620. The maximum atomic E-state index is 9.15. The van der Waals surface area contributed by atoms with Crippen LogP contribution in [0.1, 0.15) is 6.42 Å². The first-order valence-electron chi connectivity index (χ1n) is 4.06. The fourth-order valence-corrected chi connectivity index (χ4v) is 4.46. The minimum Gasteiger partial charge on any atom is -0.396 e. The molecule has 0 aliphatic heterocycles. The highest BCUT2D eigenvalue weighted by molar-refractivity contribution is 8.17. The summed E-state index contributed by atoms with van der Waals surface area (Å²) in [6.07, 6.45) is 5.18. The standard InChI is InChI=1S/C8H16O2S2/c1-11-8(12-2)3-6(4-9)7(8)5-10/h6-7,9-10H,3-5H2,1-2H3/t6-,7-/m0/s1. The molecule has 0 radical (unpaired) electrons. The van der Waals surface area contributed by atoms with Crippen LogP contribution >= 0.6 is 23.5 Å². The molecule has 0 amide bonds. The predicted octanol–water partition coefficient (Wildman–Crippen LogP) is 1.03. The number of aliphatic hydroxyl groups is 2. The summed E-state index contributed by atoms with van der Waals surface area (Å²) in [6, 6.07) is 0. The van der Waals surface area contributed by atoms with Crippen LogP contribution in [0.5, 0.6) is 0 Å². The maximum absolute atomic E-state index is 9.15. The van der Waals surface area contributed by atoms with Gasteiger partial charge >= 0.3 is 0 Å². The van der Waals surface area contributed by atoms with Crippen LogP contribution in [-0.4, -0.2) is 40.0 Å². The smallest absolute Gasteiger partial charge is 0.0662 e. The lowest BCUT2D eigenvalue weighted by Gasteiger charge is -2.52. The molecule has 1 aliphatic rings. The summed E-state index contributed by atoms with van der Waals surface area (Å²) in [5.74, 6) is 0.586. The molecule has 0 aromatic rings. The minimum absolute atomic E-state index is 0.169. The Morgan fingerprint density at radius 3 is 2.17 bits per heavy atom. The van der Waals surface area contributed by atoms with Crippen LogP contribution in [-0.2, 0) is 0 Å². The molecular weight excluding hydrogens is 192 g/mol. The number of rotatable bonds is 4. The third-order valence-electron chi connectivity index (χ3n) is 2.80. The Bertz CT molecular complexity index is 148. The summed E-state index contributed by atoms with van der Waals surface area (Å²) >= 11 is 3.61. The third-order valence-corrected chi connectivity index (χ3v) is 6.12. The fraction of sp³-hybridized carbons (Fsp3) is 1.00. The summed E-state index contributed by atoms with van der Waals surface area (Å²) in [5, 5.41) is 18.1. The Morgan fingerprint density at radius 2 is 1.83 bits per heavy atom. The topological polar surface area (TPSA) is 40.5 Å². The van der Waals surface area contributed by atoms with Crippen molar-refractivity contribution in [3.05, 3.63) is 0 Å². The van der Waals surface area contributed by atoms with Gasteiger partial charge in [-0.2, -0.15) is 0 Å². The molecule has 1 rings (SSSR count). The Kier molecular flexibility index (Phi) is 3.76. The van der Waals surface area contributed by atoms with Gasteiger partial charge in [0, 0.05) is 19.1 Å². The van der Waals surface area contributed by atoms with Crippen molar-refractivity contribution in [2.24, 2.45) is 11.8 Å². The van der Waals surface area contributed by atoms with Gasteiger partial charge in [0.2, 0.25) is 0 Å². The molecule has 2 nitrogen and oxygen atoms in total. The van der Waals surface area contributed by atoms with Crippen molar-refractivity contribution >= 4 is 23.5 Å². The monoisotopic (exact) mass is 208 g/mol. The lowest BCUT2D eigenvalue weighted by atomic mass is 9.73. The van der Waals surface area contributed by atoms with Gasteiger partial charge in [-0.25, -0.2) is 0 Å². The maximum Gasteiger partial charge on any atom is 0.0662 e. The predicted molar refractivity (Wildman–Crippen MR) is 55.5 cm³/mol. The highest BCUT2D eigenvalue weighted by Crippen LogP contribution is 2.57. The number of hydrogen-bond donors (Lipinski definition) is 2. The van der Waals surface area contributed by atoms with Gasteiger partial charge in [-0.1, -0.05) is 0 Å². The molecule has 0 spiro atoms. The van der Waals surface area contributed by atoms with Gasteiger partial charge in [0.1, 0.15) is 0 Å². The Morgan fingerprint density at radius 1 is 1.25 bits per heavy atom. The molecule has 1 saturated carbocycles. The van der Waals surface area contributed by atoms with Crippen LogP contribution < -0.4 is 0 Å². The molecule has 2 N–H and O–H groups in total. The van der Waals surface area contributed by atoms with Crippen molar-refractivity contribution in [2.75, 3.05) is 25.7 Å². The molecule has 0 aromatic heterocycles. The van der Waals surface area contributed by atoms with E-state index in [9.17, 15) is 0 Å². The average molecular weight is 208 g/mol. The molecule has 0 heterocycles. The van der Waals surface area contributed by atoms with Crippen LogP contribution in [0.2, 0.25) is 0 Å². The minimum atomic E-state index is 0.169. The highest BCUT2D eigenvalue weighted by atomic mass is 32.2. The van der Waals surface area contributed by atoms with Crippen molar-refractivity contribution in [3.8, 4) is 0 Å². The molecule has 0 unspecified atom stereocenters. The second-order valence-electron chi connectivity index (χ2n) is 3.16. The molecule has 72 valence electrons. The van der Waals surface area contributed by atoms with E-state index < -0.39 is 0 Å². The first-order chi connectivity index (χ1) is 5.74. The lowest BCUT2D eigenvalue weighted by Crippen LogP contribution is -2.52. The summed E-state index contributed by atoms with van der Waals surface area (Å²) in [6.45, 7) is 0.418. The average Bonchev–Trinajstić information content (AvgIpc) is 2.07. The van der Waals surface area contributed by atoms with E-state index in [-0.39, 0.29) is 23.2 Å². The Balaban J connectivity index is 2.58. The quantitative estimate of drug-likeness (QED) is 0.677. The van der Waals surface area contributed by atoms with Crippen molar-refractivity contribution in [1.82, 2.24) is 0 Å². The first-order valence-corrected chi connectivity index (χ1v) is 6.51. The molecule has 1 aliphatic carbocycles. The van der Waals surface area contributed by atoms with E-state index in [1.54, 1.807) is 23.5 Å².